The Morgan fingerprint density at radius 1 is 1.70 bits per heavy atom. The summed E-state index contributed by atoms with van der Waals surface area (Å²) < 4.78 is 0. The first kappa shape index (κ1) is 6.86. The third-order valence-corrected chi connectivity index (χ3v) is 1.16. The number of nitrogens with zero attached hydrogens (tertiary/aromatic N) is 1. The molecule has 1 aromatic rings. The summed E-state index contributed by atoms with van der Waals surface area (Å²) in [4.78, 5) is 3.86. The summed E-state index contributed by atoms with van der Waals surface area (Å²) in [7, 11) is 0. The van der Waals surface area contributed by atoms with Gasteiger partial charge in [-0.15, -0.1) is 0 Å². The zero-order valence-electron chi connectivity index (χ0n) is 5.96. The van der Waals surface area contributed by atoms with Crippen molar-refractivity contribution in [2.45, 2.75) is 6.92 Å². The summed E-state index contributed by atoms with van der Waals surface area (Å²) in [5.74, 6) is 0.554. The molecule has 0 aliphatic rings. The van der Waals surface area contributed by atoms with Crippen LogP contribution in [0.3, 0.4) is 0 Å². The predicted molar refractivity (Wildman–Crippen MR) is 42.8 cm³/mol. The Hall–Kier alpha value is -1.25. The number of pyridine rings is 1. The van der Waals surface area contributed by atoms with Gasteiger partial charge >= 0.3 is 0 Å². The van der Waals surface area contributed by atoms with Gasteiger partial charge in [0, 0.05) is 24.5 Å². The second-order valence-corrected chi connectivity index (χ2v) is 2.00. The third-order valence-electron chi connectivity index (χ3n) is 1.16. The Balaban J connectivity index is 2.75. The largest absolute Gasteiger partial charge is 0.385 e. The van der Waals surface area contributed by atoms with Crippen LogP contribution in [0.15, 0.2) is 18.3 Å². The minimum absolute atomic E-state index is 0.554. The number of nitrogens with one attached hydrogen (secondary N) is 1. The van der Waals surface area contributed by atoms with E-state index in [0.717, 1.165) is 12.2 Å². The molecule has 3 heteroatoms. The lowest BCUT2D eigenvalue weighted by Gasteiger charge is -2.01. The Bertz CT molecular complexity index is 210. The van der Waals surface area contributed by atoms with Crippen molar-refractivity contribution in [2.24, 2.45) is 0 Å². The van der Waals surface area contributed by atoms with Gasteiger partial charge in [0.2, 0.25) is 0 Å². The fourth-order valence-electron chi connectivity index (χ4n) is 0.762. The minimum atomic E-state index is 0.554. The standard InChI is InChI=1S/C7H11N3/c1-2-9-6-3-4-10-7(8)5-6/h3-5H,2H2,1H3,(H3,8,9,10). The molecule has 0 aliphatic carbocycles. The molecule has 0 amide bonds. The van der Waals surface area contributed by atoms with E-state index in [1.54, 1.807) is 6.20 Å². The van der Waals surface area contributed by atoms with Crippen molar-refractivity contribution >= 4 is 11.5 Å². The predicted octanol–water partition coefficient (Wildman–Crippen LogP) is 1.10. The van der Waals surface area contributed by atoms with Crippen molar-refractivity contribution in [2.75, 3.05) is 17.6 Å². The topological polar surface area (TPSA) is 50.9 Å². The number of hydrogen-bond acceptors (Lipinski definition) is 3. The van der Waals surface area contributed by atoms with Crippen LogP contribution in [0, 0.1) is 0 Å². The molecule has 0 aromatic carbocycles. The molecule has 3 nitrogen and oxygen atoms in total. The second kappa shape index (κ2) is 3.06. The Morgan fingerprint density at radius 3 is 3.10 bits per heavy atom. The molecule has 3 N–H and O–H groups in total. The van der Waals surface area contributed by atoms with Crippen LogP contribution in [0.4, 0.5) is 11.5 Å². The van der Waals surface area contributed by atoms with Gasteiger partial charge in [0.25, 0.3) is 0 Å². The van der Waals surface area contributed by atoms with E-state index in [2.05, 4.69) is 10.3 Å². The minimum Gasteiger partial charge on any atom is -0.385 e. The van der Waals surface area contributed by atoms with Crippen LogP contribution in [0.25, 0.3) is 0 Å². The highest BCUT2D eigenvalue weighted by Crippen LogP contribution is 2.07. The van der Waals surface area contributed by atoms with Gasteiger partial charge in [0.15, 0.2) is 0 Å². The first-order chi connectivity index (χ1) is 4.83. The highest BCUT2D eigenvalue weighted by Gasteiger charge is 1.88. The van der Waals surface area contributed by atoms with Crippen molar-refractivity contribution in [3.63, 3.8) is 0 Å². The summed E-state index contributed by atoms with van der Waals surface area (Å²) in [6.45, 7) is 2.94. The molecule has 0 spiro atoms. The smallest absolute Gasteiger partial charge is 0.125 e. The average molecular weight is 137 g/mol. The quantitative estimate of drug-likeness (QED) is 0.641. The summed E-state index contributed by atoms with van der Waals surface area (Å²) in [5.41, 5.74) is 6.46. The maximum Gasteiger partial charge on any atom is 0.125 e. The van der Waals surface area contributed by atoms with E-state index in [9.17, 15) is 0 Å². The molecule has 0 atom stereocenters. The van der Waals surface area contributed by atoms with Crippen LogP contribution in [0.2, 0.25) is 0 Å². The Kier molecular flexibility index (Phi) is 2.10. The van der Waals surface area contributed by atoms with Crippen LogP contribution in [-0.4, -0.2) is 11.5 Å². The molecular formula is C7H11N3. The fraction of sp³-hybridized carbons (Fsp3) is 0.286. The lowest BCUT2D eigenvalue weighted by atomic mass is 10.4. The Morgan fingerprint density at radius 2 is 2.50 bits per heavy atom. The third kappa shape index (κ3) is 1.62. The van der Waals surface area contributed by atoms with Crippen molar-refractivity contribution in [1.29, 1.82) is 0 Å². The summed E-state index contributed by atoms with van der Waals surface area (Å²) >= 11 is 0. The lowest BCUT2D eigenvalue weighted by molar-refractivity contribution is 1.20. The zero-order valence-corrected chi connectivity index (χ0v) is 5.96. The van der Waals surface area contributed by atoms with E-state index < -0.39 is 0 Å². The average Bonchev–Trinajstić information content (AvgIpc) is 1.88. The first-order valence-corrected chi connectivity index (χ1v) is 3.28. The zero-order chi connectivity index (χ0) is 7.40. The molecule has 0 radical (unpaired) electrons. The molecule has 10 heavy (non-hydrogen) atoms. The molecule has 0 saturated heterocycles. The monoisotopic (exact) mass is 137 g/mol. The second-order valence-electron chi connectivity index (χ2n) is 2.00. The Labute approximate surface area is 60.3 Å². The van der Waals surface area contributed by atoms with Gasteiger partial charge in [0.05, 0.1) is 0 Å². The molecule has 1 heterocycles. The van der Waals surface area contributed by atoms with Gasteiger partial charge in [-0.3, -0.25) is 0 Å². The van der Waals surface area contributed by atoms with Gasteiger partial charge in [-0.1, -0.05) is 0 Å². The van der Waals surface area contributed by atoms with Crippen LogP contribution < -0.4 is 11.1 Å². The summed E-state index contributed by atoms with van der Waals surface area (Å²) in [5, 5.41) is 3.13. The van der Waals surface area contributed by atoms with E-state index in [4.69, 9.17) is 5.73 Å². The van der Waals surface area contributed by atoms with Gasteiger partial charge in [0.1, 0.15) is 5.82 Å². The van der Waals surface area contributed by atoms with Gasteiger partial charge in [-0.2, -0.15) is 0 Å². The van der Waals surface area contributed by atoms with Crippen molar-refractivity contribution < 1.29 is 0 Å². The van der Waals surface area contributed by atoms with E-state index in [-0.39, 0.29) is 0 Å². The molecule has 1 aromatic heterocycles. The van der Waals surface area contributed by atoms with Crippen LogP contribution in [0.5, 0.6) is 0 Å². The molecule has 0 aliphatic heterocycles. The maximum atomic E-state index is 5.44. The number of nitrogen functional groups attached to an aromatic ring is 1. The van der Waals surface area contributed by atoms with E-state index in [0.29, 0.717) is 5.82 Å². The van der Waals surface area contributed by atoms with E-state index in [1.807, 2.05) is 19.1 Å². The number of nitrogens with two attached hydrogens (primary N) is 1. The van der Waals surface area contributed by atoms with Crippen LogP contribution >= 0.6 is 0 Å². The SMILES string of the molecule is CCNc1ccnc(N)c1. The van der Waals surface area contributed by atoms with E-state index >= 15 is 0 Å². The summed E-state index contributed by atoms with van der Waals surface area (Å²) in [6.07, 6.45) is 1.69. The first-order valence-electron chi connectivity index (χ1n) is 3.28. The summed E-state index contributed by atoms with van der Waals surface area (Å²) in [6, 6.07) is 3.70. The van der Waals surface area contributed by atoms with Gasteiger partial charge in [-0.05, 0) is 13.0 Å². The van der Waals surface area contributed by atoms with E-state index in [1.165, 1.54) is 0 Å². The lowest BCUT2D eigenvalue weighted by Crippen LogP contribution is -1.97. The molecular weight excluding hydrogens is 126 g/mol. The molecule has 1 rings (SSSR count). The number of aromatic nitrogens is 1. The maximum absolute atomic E-state index is 5.44. The van der Waals surface area contributed by atoms with Crippen molar-refractivity contribution in [1.82, 2.24) is 4.98 Å². The molecule has 0 saturated carbocycles. The van der Waals surface area contributed by atoms with Crippen molar-refractivity contribution in [3.05, 3.63) is 18.3 Å². The molecule has 0 unspecified atom stereocenters. The van der Waals surface area contributed by atoms with Gasteiger partial charge in [-0.25, -0.2) is 4.98 Å². The normalized spacial score (nSPS) is 9.30. The molecule has 54 valence electrons. The number of anilines is 2. The number of hydrogen-bond donors (Lipinski definition) is 2. The van der Waals surface area contributed by atoms with Crippen LogP contribution in [0.1, 0.15) is 6.92 Å². The highest BCUT2D eigenvalue weighted by molar-refractivity contribution is 5.49. The van der Waals surface area contributed by atoms with Gasteiger partial charge < -0.3 is 11.1 Å². The highest BCUT2D eigenvalue weighted by atomic mass is 14.9. The van der Waals surface area contributed by atoms with Crippen LogP contribution in [-0.2, 0) is 0 Å². The fourth-order valence-corrected chi connectivity index (χ4v) is 0.762. The van der Waals surface area contributed by atoms with Crippen molar-refractivity contribution in [3.8, 4) is 0 Å². The number of rotatable bonds is 2. The molecule has 0 bridgehead atoms. The molecule has 0 fully saturated rings.